The molecule has 0 unspecified atom stereocenters. The maximum atomic E-state index is 13.8. The second-order valence-corrected chi connectivity index (χ2v) is 5.30. The van der Waals surface area contributed by atoms with E-state index in [0.717, 1.165) is 10.0 Å². The van der Waals surface area contributed by atoms with E-state index in [0.29, 0.717) is 16.9 Å². The molecule has 3 N–H and O–H groups in total. The second kappa shape index (κ2) is 6.05. The lowest BCUT2D eigenvalue weighted by atomic mass is 10.1. The molecule has 2 aromatic rings. The van der Waals surface area contributed by atoms with Crippen LogP contribution in [0.4, 0.5) is 4.39 Å². The van der Waals surface area contributed by atoms with Gasteiger partial charge in [0, 0.05) is 11.1 Å². The van der Waals surface area contributed by atoms with Crippen LogP contribution in [0.25, 0.3) is 0 Å². The number of hydrogen-bond donors (Lipinski definition) is 2. The van der Waals surface area contributed by atoms with E-state index in [-0.39, 0.29) is 12.4 Å². The Morgan fingerprint density at radius 1 is 1.30 bits per heavy atom. The van der Waals surface area contributed by atoms with Gasteiger partial charge in [0.15, 0.2) is 0 Å². The average Bonchev–Trinajstić information content (AvgIpc) is 2.38. The fourth-order valence-corrected chi connectivity index (χ4v) is 2.32. The van der Waals surface area contributed by atoms with Crippen LogP contribution in [0.5, 0.6) is 5.75 Å². The van der Waals surface area contributed by atoms with Gasteiger partial charge >= 0.3 is 0 Å². The van der Waals surface area contributed by atoms with Crippen molar-refractivity contribution in [3.05, 3.63) is 63.4 Å². The molecule has 0 aromatic heterocycles. The number of aryl methyl sites for hydroxylation is 1. The number of hydrogen-bond acceptors (Lipinski definition) is 2. The van der Waals surface area contributed by atoms with Crippen molar-refractivity contribution in [2.75, 3.05) is 0 Å². The van der Waals surface area contributed by atoms with Gasteiger partial charge < -0.3 is 10.5 Å². The molecule has 0 bridgehead atoms. The number of nitrogens with two attached hydrogens (primary N) is 1. The van der Waals surface area contributed by atoms with Crippen LogP contribution in [-0.2, 0) is 6.61 Å². The van der Waals surface area contributed by atoms with Crippen LogP contribution in [0.1, 0.15) is 16.7 Å². The zero-order valence-corrected chi connectivity index (χ0v) is 12.5. The molecule has 0 fully saturated rings. The summed E-state index contributed by atoms with van der Waals surface area (Å²) in [5, 5.41) is 7.26. The molecule has 3 nitrogen and oxygen atoms in total. The zero-order chi connectivity index (χ0) is 14.7. The summed E-state index contributed by atoms with van der Waals surface area (Å²) in [6, 6.07) is 10.1. The van der Waals surface area contributed by atoms with Gasteiger partial charge in [0.25, 0.3) is 0 Å². The molecular weight excluding hydrogens is 323 g/mol. The standard InChI is InChI=1S/C15H14BrFN2O/c1-9-2-5-14(12(16)6-9)20-8-11-4-3-10(15(18)19)7-13(11)17/h2-7H,8H2,1H3,(H3,18,19). The number of nitrogen functional groups attached to an aromatic ring is 1. The number of ether oxygens (including phenoxy) is 1. The lowest BCUT2D eigenvalue weighted by Crippen LogP contribution is -2.12. The highest BCUT2D eigenvalue weighted by Gasteiger charge is 2.07. The summed E-state index contributed by atoms with van der Waals surface area (Å²) >= 11 is 3.41. The van der Waals surface area contributed by atoms with Crippen molar-refractivity contribution in [2.24, 2.45) is 5.73 Å². The van der Waals surface area contributed by atoms with Crippen LogP contribution in [0.3, 0.4) is 0 Å². The Bertz CT molecular complexity index is 658. The molecule has 0 heterocycles. The van der Waals surface area contributed by atoms with Crippen molar-refractivity contribution in [2.45, 2.75) is 13.5 Å². The summed E-state index contributed by atoms with van der Waals surface area (Å²) in [4.78, 5) is 0. The van der Waals surface area contributed by atoms with Crippen LogP contribution < -0.4 is 10.5 Å². The van der Waals surface area contributed by atoms with Crippen LogP contribution >= 0.6 is 15.9 Å². The number of benzene rings is 2. The first kappa shape index (κ1) is 14.5. The first-order valence-electron chi connectivity index (χ1n) is 5.99. The third kappa shape index (κ3) is 3.36. The molecule has 0 spiro atoms. The van der Waals surface area contributed by atoms with E-state index in [9.17, 15) is 4.39 Å². The van der Waals surface area contributed by atoms with Crippen LogP contribution in [0, 0.1) is 18.2 Å². The predicted molar refractivity (Wildman–Crippen MR) is 80.6 cm³/mol. The molecule has 2 aromatic carbocycles. The van der Waals surface area contributed by atoms with Gasteiger partial charge in [-0.3, -0.25) is 5.41 Å². The van der Waals surface area contributed by atoms with E-state index in [2.05, 4.69) is 15.9 Å². The van der Waals surface area contributed by atoms with Gasteiger partial charge in [0.05, 0.1) is 4.47 Å². The van der Waals surface area contributed by atoms with Crippen molar-refractivity contribution in [1.82, 2.24) is 0 Å². The molecule has 0 amide bonds. The quantitative estimate of drug-likeness (QED) is 0.659. The van der Waals surface area contributed by atoms with Crippen molar-refractivity contribution < 1.29 is 9.13 Å². The first-order chi connectivity index (χ1) is 9.47. The van der Waals surface area contributed by atoms with Crippen molar-refractivity contribution >= 4 is 21.8 Å². The van der Waals surface area contributed by atoms with E-state index in [1.165, 1.54) is 6.07 Å². The molecular formula is C15H14BrFN2O. The molecule has 0 radical (unpaired) electrons. The average molecular weight is 337 g/mol. The van der Waals surface area contributed by atoms with Crippen LogP contribution in [-0.4, -0.2) is 5.84 Å². The highest BCUT2D eigenvalue weighted by atomic mass is 79.9. The molecule has 0 aliphatic carbocycles. The third-order valence-electron chi connectivity index (χ3n) is 2.83. The number of rotatable bonds is 4. The summed E-state index contributed by atoms with van der Waals surface area (Å²) < 4.78 is 20.3. The van der Waals surface area contributed by atoms with E-state index in [1.54, 1.807) is 12.1 Å². The lowest BCUT2D eigenvalue weighted by molar-refractivity contribution is 0.298. The summed E-state index contributed by atoms with van der Waals surface area (Å²) in [7, 11) is 0. The summed E-state index contributed by atoms with van der Waals surface area (Å²) in [6.45, 7) is 2.10. The molecule has 104 valence electrons. The molecule has 0 atom stereocenters. The Balaban J connectivity index is 2.13. The molecule has 20 heavy (non-hydrogen) atoms. The topological polar surface area (TPSA) is 59.1 Å². The minimum atomic E-state index is -0.430. The van der Waals surface area contributed by atoms with E-state index in [4.69, 9.17) is 15.9 Å². The smallest absolute Gasteiger partial charge is 0.134 e. The molecule has 5 heteroatoms. The Hall–Kier alpha value is -1.88. The Morgan fingerprint density at radius 3 is 2.65 bits per heavy atom. The molecule has 0 aliphatic rings. The van der Waals surface area contributed by atoms with Gasteiger partial charge in [-0.25, -0.2) is 4.39 Å². The molecule has 0 saturated carbocycles. The number of nitrogens with one attached hydrogen (secondary N) is 1. The molecule has 0 saturated heterocycles. The maximum absolute atomic E-state index is 13.8. The lowest BCUT2D eigenvalue weighted by Gasteiger charge is -2.10. The first-order valence-corrected chi connectivity index (χ1v) is 6.78. The molecule has 0 aliphatic heterocycles. The fraction of sp³-hybridized carbons (Fsp3) is 0.133. The van der Waals surface area contributed by atoms with Crippen molar-refractivity contribution in [3.8, 4) is 5.75 Å². The number of amidine groups is 1. The Labute approximate surface area is 125 Å². The Kier molecular flexibility index (Phi) is 4.39. The SMILES string of the molecule is Cc1ccc(OCc2ccc(C(=N)N)cc2F)c(Br)c1. The fourth-order valence-electron chi connectivity index (χ4n) is 1.71. The van der Waals surface area contributed by atoms with Crippen LogP contribution in [0.15, 0.2) is 40.9 Å². The van der Waals surface area contributed by atoms with Gasteiger partial charge in [0.1, 0.15) is 24.0 Å². The van der Waals surface area contributed by atoms with E-state index < -0.39 is 5.82 Å². The van der Waals surface area contributed by atoms with Crippen LogP contribution in [0.2, 0.25) is 0 Å². The van der Waals surface area contributed by atoms with Crippen molar-refractivity contribution in [1.29, 1.82) is 5.41 Å². The Morgan fingerprint density at radius 2 is 2.05 bits per heavy atom. The molecule has 2 rings (SSSR count). The maximum Gasteiger partial charge on any atom is 0.134 e. The van der Waals surface area contributed by atoms with E-state index >= 15 is 0 Å². The van der Waals surface area contributed by atoms with Gasteiger partial charge in [-0.1, -0.05) is 18.2 Å². The zero-order valence-electron chi connectivity index (χ0n) is 10.9. The van der Waals surface area contributed by atoms with Gasteiger partial charge in [0.2, 0.25) is 0 Å². The minimum absolute atomic E-state index is 0.117. The van der Waals surface area contributed by atoms with E-state index in [1.807, 2.05) is 25.1 Å². The third-order valence-corrected chi connectivity index (χ3v) is 3.45. The largest absolute Gasteiger partial charge is 0.488 e. The van der Waals surface area contributed by atoms with Crippen molar-refractivity contribution in [3.63, 3.8) is 0 Å². The monoisotopic (exact) mass is 336 g/mol. The highest BCUT2D eigenvalue weighted by Crippen LogP contribution is 2.26. The van der Waals surface area contributed by atoms with Gasteiger partial charge in [-0.2, -0.15) is 0 Å². The predicted octanol–water partition coefficient (Wildman–Crippen LogP) is 3.76. The summed E-state index contributed by atoms with van der Waals surface area (Å²) in [6.07, 6.45) is 0. The van der Waals surface area contributed by atoms with Gasteiger partial charge in [-0.15, -0.1) is 0 Å². The number of halogens is 2. The summed E-state index contributed by atoms with van der Waals surface area (Å²) in [5.74, 6) is 0.0734. The van der Waals surface area contributed by atoms with Gasteiger partial charge in [-0.05, 0) is 46.6 Å². The second-order valence-electron chi connectivity index (χ2n) is 4.44. The summed E-state index contributed by atoms with van der Waals surface area (Å²) in [5.41, 5.74) is 7.21. The highest BCUT2D eigenvalue weighted by molar-refractivity contribution is 9.10. The minimum Gasteiger partial charge on any atom is -0.488 e. The normalized spacial score (nSPS) is 10.3.